The third-order valence-corrected chi connectivity index (χ3v) is 5.74. The molecule has 0 aromatic carbocycles. The van der Waals surface area contributed by atoms with Crippen molar-refractivity contribution >= 4 is 22.9 Å². The molecule has 2 fully saturated rings. The SMILES string of the molecule is c1cnc2c(c1)nc(C1CCCS1)n2C1CCNCC1. The van der Waals surface area contributed by atoms with Gasteiger partial charge in [0.2, 0.25) is 0 Å². The monoisotopic (exact) mass is 288 g/mol. The van der Waals surface area contributed by atoms with E-state index in [2.05, 4.69) is 32.7 Å². The summed E-state index contributed by atoms with van der Waals surface area (Å²) >= 11 is 2.06. The van der Waals surface area contributed by atoms with Crippen molar-refractivity contribution in [1.29, 1.82) is 0 Å². The van der Waals surface area contributed by atoms with Crippen LogP contribution in [-0.4, -0.2) is 33.4 Å². The number of thioether (sulfide) groups is 1. The number of imidazole rings is 1. The quantitative estimate of drug-likeness (QED) is 0.922. The molecule has 4 rings (SSSR count). The van der Waals surface area contributed by atoms with Crippen LogP contribution in [0.1, 0.15) is 42.8 Å². The van der Waals surface area contributed by atoms with Gasteiger partial charge in [0.25, 0.3) is 0 Å². The Labute approximate surface area is 123 Å². The van der Waals surface area contributed by atoms with Crippen LogP contribution in [0.3, 0.4) is 0 Å². The van der Waals surface area contributed by atoms with Crippen molar-refractivity contribution in [2.45, 2.75) is 37.0 Å². The molecule has 106 valence electrons. The summed E-state index contributed by atoms with van der Waals surface area (Å²) < 4.78 is 2.46. The van der Waals surface area contributed by atoms with E-state index in [0.29, 0.717) is 11.3 Å². The van der Waals surface area contributed by atoms with Crippen LogP contribution in [0.2, 0.25) is 0 Å². The largest absolute Gasteiger partial charge is 0.317 e. The third-order valence-electron chi connectivity index (χ3n) is 4.37. The molecule has 20 heavy (non-hydrogen) atoms. The molecular formula is C15H20N4S. The summed E-state index contributed by atoms with van der Waals surface area (Å²) in [5.41, 5.74) is 2.15. The summed E-state index contributed by atoms with van der Waals surface area (Å²) in [6.07, 6.45) is 6.85. The number of fused-ring (bicyclic) bond motifs is 1. The Morgan fingerprint density at radius 1 is 1.25 bits per heavy atom. The number of rotatable bonds is 2. The second-order valence-corrected chi connectivity index (χ2v) is 6.98. The van der Waals surface area contributed by atoms with Crippen LogP contribution >= 0.6 is 11.8 Å². The molecule has 0 amide bonds. The molecule has 0 spiro atoms. The Balaban J connectivity index is 1.83. The first-order valence-electron chi connectivity index (χ1n) is 7.58. The van der Waals surface area contributed by atoms with Gasteiger partial charge < -0.3 is 9.88 Å². The number of pyridine rings is 1. The summed E-state index contributed by atoms with van der Waals surface area (Å²) in [6.45, 7) is 2.21. The number of piperidine rings is 1. The van der Waals surface area contributed by atoms with E-state index in [0.717, 1.165) is 24.3 Å². The summed E-state index contributed by atoms with van der Waals surface area (Å²) in [4.78, 5) is 9.55. The van der Waals surface area contributed by atoms with E-state index in [4.69, 9.17) is 4.98 Å². The van der Waals surface area contributed by atoms with Gasteiger partial charge in [-0.1, -0.05) is 0 Å². The maximum Gasteiger partial charge on any atom is 0.160 e. The lowest BCUT2D eigenvalue weighted by Crippen LogP contribution is -2.30. The average molecular weight is 288 g/mol. The fraction of sp³-hybridized carbons (Fsp3) is 0.600. The van der Waals surface area contributed by atoms with E-state index in [9.17, 15) is 0 Å². The molecule has 4 nitrogen and oxygen atoms in total. The Morgan fingerprint density at radius 3 is 2.95 bits per heavy atom. The third kappa shape index (κ3) is 2.13. The predicted octanol–water partition coefficient (Wildman–Crippen LogP) is 2.92. The molecule has 2 aromatic rings. The molecule has 0 bridgehead atoms. The number of hydrogen-bond acceptors (Lipinski definition) is 4. The maximum absolute atomic E-state index is 4.93. The molecule has 5 heteroatoms. The molecule has 2 aliphatic heterocycles. The molecule has 1 N–H and O–H groups in total. The Morgan fingerprint density at radius 2 is 2.15 bits per heavy atom. The molecule has 0 radical (unpaired) electrons. The van der Waals surface area contributed by atoms with Crippen LogP contribution in [0.5, 0.6) is 0 Å². The van der Waals surface area contributed by atoms with Crippen LogP contribution in [0.4, 0.5) is 0 Å². The predicted molar refractivity (Wildman–Crippen MR) is 83.1 cm³/mol. The average Bonchev–Trinajstić information content (AvgIpc) is 3.15. The summed E-state index contributed by atoms with van der Waals surface area (Å²) in [6, 6.07) is 4.66. The maximum atomic E-state index is 4.93. The van der Waals surface area contributed by atoms with Gasteiger partial charge in [-0.2, -0.15) is 11.8 Å². The normalized spacial score (nSPS) is 24.5. The summed E-state index contributed by atoms with van der Waals surface area (Å²) in [5, 5.41) is 4.02. The van der Waals surface area contributed by atoms with Gasteiger partial charge in [0.1, 0.15) is 11.3 Å². The molecule has 4 heterocycles. The fourth-order valence-electron chi connectivity index (χ4n) is 3.38. The van der Waals surface area contributed by atoms with E-state index in [-0.39, 0.29) is 0 Å². The van der Waals surface area contributed by atoms with E-state index < -0.39 is 0 Å². The lowest BCUT2D eigenvalue weighted by Gasteiger charge is -2.27. The molecule has 0 aliphatic carbocycles. The highest BCUT2D eigenvalue weighted by molar-refractivity contribution is 7.99. The highest BCUT2D eigenvalue weighted by Crippen LogP contribution is 2.41. The lowest BCUT2D eigenvalue weighted by atomic mass is 10.1. The van der Waals surface area contributed by atoms with Gasteiger partial charge >= 0.3 is 0 Å². The minimum absolute atomic E-state index is 0.562. The molecular weight excluding hydrogens is 268 g/mol. The van der Waals surface area contributed by atoms with Crippen LogP contribution in [0.25, 0.3) is 11.2 Å². The highest BCUT2D eigenvalue weighted by atomic mass is 32.2. The Hall–Kier alpha value is -1.07. The van der Waals surface area contributed by atoms with Crippen molar-refractivity contribution < 1.29 is 0 Å². The fourth-order valence-corrected chi connectivity index (χ4v) is 4.65. The van der Waals surface area contributed by atoms with Gasteiger partial charge in [-0.15, -0.1) is 0 Å². The van der Waals surface area contributed by atoms with Gasteiger partial charge in [-0.05, 0) is 56.7 Å². The van der Waals surface area contributed by atoms with Crippen molar-refractivity contribution in [3.8, 4) is 0 Å². The van der Waals surface area contributed by atoms with Crippen LogP contribution < -0.4 is 5.32 Å². The van der Waals surface area contributed by atoms with Crippen LogP contribution in [-0.2, 0) is 0 Å². The first kappa shape index (κ1) is 12.7. The van der Waals surface area contributed by atoms with Gasteiger partial charge in [-0.3, -0.25) is 0 Å². The van der Waals surface area contributed by atoms with Crippen molar-refractivity contribution in [3.05, 3.63) is 24.2 Å². The second-order valence-electron chi connectivity index (χ2n) is 5.67. The standard InChI is InChI=1S/C15H20N4S/c1-3-12-14(17-7-1)19(11-5-8-16-9-6-11)15(18-12)13-4-2-10-20-13/h1,3,7,11,13,16H,2,4-6,8-10H2. The smallest absolute Gasteiger partial charge is 0.160 e. The zero-order chi connectivity index (χ0) is 13.4. The molecule has 2 saturated heterocycles. The van der Waals surface area contributed by atoms with Gasteiger partial charge in [0.15, 0.2) is 5.65 Å². The van der Waals surface area contributed by atoms with Gasteiger partial charge in [0, 0.05) is 12.2 Å². The number of nitrogens with one attached hydrogen (secondary N) is 1. The van der Waals surface area contributed by atoms with Crippen LogP contribution in [0.15, 0.2) is 18.3 Å². The first-order chi connectivity index (χ1) is 9.93. The van der Waals surface area contributed by atoms with E-state index in [1.165, 1.54) is 37.3 Å². The zero-order valence-electron chi connectivity index (χ0n) is 11.6. The first-order valence-corrected chi connectivity index (χ1v) is 8.63. The van der Waals surface area contributed by atoms with E-state index in [1.807, 2.05) is 12.3 Å². The van der Waals surface area contributed by atoms with E-state index in [1.54, 1.807) is 0 Å². The molecule has 1 unspecified atom stereocenters. The minimum atomic E-state index is 0.562. The van der Waals surface area contributed by atoms with Crippen molar-refractivity contribution in [3.63, 3.8) is 0 Å². The summed E-state index contributed by atoms with van der Waals surface area (Å²) in [7, 11) is 0. The van der Waals surface area contributed by atoms with Gasteiger partial charge in [-0.25, -0.2) is 9.97 Å². The number of nitrogens with zero attached hydrogens (tertiary/aromatic N) is 3. The van der Waals surface area contributed by atoms with Crippen molar-refractivity contribution in [2.24, 2.45) is 0 Å². The lowest BCUT2D eigenvalue weighted by molar-refractivity contribution is 0.365. The highest BCUT2D eigenvalue weighted by Gasteiger charge is 2.28. The number of hydrogen-bond donors (Lipinski definition) is 1. The van der Waals surface area contributed by atoms with Crippen molar-refractivity contribution in [1.82, 2.24) is 19.9 Å². The van der Waals surface area contributed by atoms with Crippen LogP contribution in [0, 0.1) is 0 Å². The molecule has 2 aliphatic rings. The Bertz CT molecular complexity index is 597. The number of aromatic nitrogens is 3. The second kappa shape index (κ2) is 5.37. The van der Waals surface area contributed by atoms with Crippen molar-refractivity contribution in [2.75, 3.05) is 18.8 Å². The topological polar surface area (TPSA) is 42.7 Å². The Kier molecular flexibility index (Phi) is 3.40. The van der Waals surface area contributed by atoms with Gasteiger partial charge in [0.05, 0.1) is 5.25 Å². The molecule has 1 atom stereocenters. The molecule has 0 saturated carbocycles. The molecule has 2 aromatic heterocycles. The zero-order valence-corrected chi connectivity index (χ0v) is 12.4. The van der Waals surface area contributed by atoms with E-state index >= 15 is 0 Å². The summed E-state index contributed by atoms with van der Waals surface area (Å²) in [5.74, 6) is 2.54. The minimum Gasteiger partial charge on any atom is -0.317 e.